The summed E-state index contributed by atoms with van der Waals surface area (Å²) in [5, 5.41) is 4.67. The van der Waals surface area contributed by atoms with Gasteiger partial charge in [0.2, 0.25) is 0 Å². The fourth-order valence-corrected chi connectivity index (χ4v) is 2.76. The number of likely N-dealkylation sites (N-methyl/N-ethyl adjacent to an activating group) is 1. The van der Waals surface area contributed by atoms with E-state index >= 15 is 0 Å². The molecule has 0 aliphatic heterocycles. The van der Waals surface area contributed by atoms with Crippen LogP contribution in [0.4, 0.5) is 0 Å². The summed E-state index contributed by atoms with van der Waals surface area (Å²) in [6, 6.07) is 10.1. The van der Waals surface area contributed by atoms with Crippen LogP contribution in [0.15, 0.2) is 36.5 Å². The lowest BCUT2D eigenvalue weighted by Gasteiger charge is -2.20. The van der Waals surface area contributed by atoms with Gasteiger partial charge in [-0.3, -0.25) is 4.98 Å². The molecule has 0 saturated carbocycles. The number of halogens is 2. The van der Waals surface area contributed by atoms with E-state index in [1.807, 2.05) is 24.4 Å². The van der Waals surface area contributed by atoms with Gasteiger partial charge in [-0.1, -0.05) is 55.2 Å². The highest BCUT2D eigenvalue weighted by molar-refractivity contribution is 6.42. The summed E-state index contributed by atoms with van der Waals surface area (Å²) >= 11 is 12.5. The number of pyridine rings is 1. The van der Waals surface area contributed by atoms with E-state index in [1.165, 1.54) is 5.56 Å². The summed E-state index contributed by atoms with van der Waals surface area (Å²) < 4.78 is 0. The molecule has 1 heterocycles. The molecule has 112 valence electrons. The molecule has 0 spiro atoms. The molecule has 0 aliphatic rings. The Morgan fingerprint density at radius 1 is 1.14 bits per heavy atom. The number of hydrogen-bond donors (Lipinski definition) is 1. The van der Waals surface area contributed by atoms with Crippen molar-refractivity contribution >= 4 is 23.2 Å². The van der Waals surface area contributed by atoms with Crippen molar-refractivity contribution in [3.05, 3.63) is 63.4 Å². The van der Waals surface area contributed by atoms with Crippen LogP contribution in [0.2, 0.25) is 10.0 Å². The van der Waals surface area contributed by atoms with Crippen LogP contribution >= 0.6 is 23.2 Å². The topological polar surface area (TPSA) is 24.9 Å². The van der Waals surface area contributed by atoms with E-state index in [4.69, 9.17) is 23.2 Å². The van der Waals surface area contributed by atoms with Crippen LogP contribution in [0.1, 0.15) is 36.7 Å². The first-order valence-corrected chi connectivity index (χ1v) is 8.02. The Labute approximate surface area is 136 Å². The molecule has 0 amide bonds. The maximum Gasteiger partial charge on any atom is 0.0640 e. The average Bonchev–Trinajstić information content (AvgIpc) is 2.50. The first-order valence-electron chi connectivity index (χ1n) is 7.26. The van der Waals surface area contributed by atoms with Gasteiger partial charge in [-0.2, -0.15) is 0 Å². The third-order valence-corrected chi connectivity index (χ3v) is 4.35. The number of aryl methyl sites for hydroxylation is 1. The summed E-state index contributed by atoms with van der Waals surface area (Å²) in [4.78, 5) is 4.53. The van der Waals surface area contributed by atoms with E-state index < -0.39 is 0 Å². The lowest BCUT2D eigenvalue weighted by atomic mass is 10.0. The highest BCUT2D eigenvalue weighted by atomic mass is 35.5. The van der Waals surface area contributed by atoms with Crippen LogP contribution in [0.25, 0.3) is 0 Å². The summed E-state index contributed by atoms with van der Waals surface area (Å²) in [6.45, 7) is 5.07. The van der Waals surface area contributed by atoms with Gasteiger partial charge in [0.1, 0.15) is 0 Å². The third-order valence-electron chi connectivity index (χ3n) is 3.51. The van der Waals surface area contributed by atoms with E-state index in [-0.39, 0.29) is 6.04 Å². The number of nitrogens with zero attached hydrogens (tertiary/aromatic N) is 1. The van der Waals surface area contributed by atoms with Crippen molar-refractivity contribution in [2.45, 2.75) is 32.7 Å². The van der Waals surface area contributed by atoms with Gasteiger partial charge >= 0.3 is 0 Å². The molecule has 0 saturated heterocycles. The predicted octanol–water partition coefficient (Wildman–Crippen LogP) is 4.84. The van der Waals surface area contributed by atoms with Crippen molar-refractivity contribution in [1.29, 1.82) is 0 Å². The van der Waals surface area contributed by atoms with Gasteiger partial charge in [0.25, 0.3) is 0 Å². The molecular weight excluding hydrogens is 303 g/mol. The Morgan fingerprint density at radius 3 is 2.57 bits per heavy atom. The summed E-state index contributed by atoms with van der Waals surface area (Å²) in [5.41, 5.74) is 3.32. The highest BCUT2D eigenvalue weighted by Crippen LogP contribution is 2.31. The Hall–Kier alpha value is -1.09. The molecule has 1 atom stereocenters. The van der Waals surface area contributed by atoms with Crippen LogP contribution in [-0.2, 0) is 12.8 Å². The van der Waals surface area contributed by atoms with Crippen molar-refractivity contribution in [3.8, 4) is 0 Å². The monoisotopic (exact) mass is 322 g/mol. The largest absolute Gasteiger partial charge is 0.310 e. The second-order valence-corrected chi connectivity index (χ2v) is 5.75. The minimum Gasteiger partial charge on any atom is -0.310 e. The standard InChI is InChI=1S/C17H20Cl2N2/c1-3-12-8-9-13(21-11-12)10-16(20-4-2)14-6-5-7-15(18)17(14)19/h5-9,11,16,20H,3-4,10H2,1-2H3. The van der Waals surface area contributed by atoms with Gasteiger partial charge in [-0.15, -0.1) is 0 Å². The van der Waals surface area contributed by atoms with E-state index in [1.54, 1.807) is 0 Å². The molecule has 0 aliphatic carbocycles. The van der Waals surface area contributed by atoms with E-state index in [0.29, 0.717) is 10.0 Å². The molecule has 0 fully saturated rings. The van der Waals surface area contributed by atoms with E-state index in [0.717, 1.165) is 30.6 Å². The van der Waals surface area contributed by atoms with Crippen molar-refractivity contribution < 1.29 is 0 Å². The number of rotatable bonds is 6. The molecule has 2 aromatic rings. The van der Waals surface area contributed by atoms with Crippen molar-refractivity contribution in [1.82, 2.24) is 10.3 Å². The highest BCUT2D eigenvalue weighted by Gasteiger charge is 2.16. The molecule has 1 aromatic heterocycles. The number of hydrogen-bond acceptors (Lipinski definition) is 2. The molecule has 4 heteroatoms. The SMILES string of the molecule is CCNC(Cc1ccc(CC)cn1)c1cccc(Cl)c1Cl. The van der Waals surface area contributed by atoms with E-state index in [9.17, 15) is 0 Å². The molecule has 0 bridgehead atoms. The lowest BCUT2D eigenvalue weighted by Crippen LogP contribution is -2.23. The van der Waals surface area contributed by atoms with Crippen LogP contribution in [0.3, 0.4) is 0 Å². The molecular formula is C17H20Cl2N2. The second-order valence-electron chi connectivity index (χ2n) is 4.97. The van der Waals surface area contributed by atoms with E-state index in [2.05, 4.69) is 36.3 Å². The van der Waals surface area contributed by atoms with Gasteiger partial charge in [0.05, 0.1) is 10.0 Å². The molecule has 21 heavy (non-hydrogen) atoms. The lowest BCUT2D eigenvalue weighted by molar-refractivity contribution is 0.544. The third kappa shape index (κ3) is 4.19. The van der Waals surface area contributed by atoms with Crippen LogP contribution < -0.4 is 5.32 Å². The Morgan fingerprint density at radius 2 is 1.95 bits per heavy atom. The Balaban J connectivity index is 2.24. The normalized spacial score (nSPS) is 12.4. The predicted molar refractivity (Wildman–Crippen MR) is 90.2 cm³/mol. The zero-order valence-corrected chi connectivity index (χ0v) is 13.9. The van der Waals surface area contributed by atoms with Gasteiger partial charge < -0.3 is 5.32 Å². The maximum absolute atomic E-state index is 6.35. The van der Waals surface area contributed by atoms with Crippen molar-refractivity contribution in [2.75, 3.05) is 6.54 Å². The molecule has 1 N–H and O–H groups in total. The molecule has 2 rings (SSSR count). The fraction of sp³-hybridized carbons (Fsp3) is 0.353. The van der Waals surface area contributed by atoms with Gasteiger partial charge in [0.15, 0.2) is 0 Å². The Kier molecular flexibility index (Phi) is 6.04. The minimum atomic E-state index is 0.112. The van der Waals surface area contributed by atoms with Gasteiger partial charge in [-0.05, 0) is 36.2 Å². The zero-order valence-electron chi connectivity index (χ0n) is 12.4. The molecule has 2 nitrogen and oxygen atoms in total. The summed E-state index contributed by atoms with van der Waals surface area (Å²) in [6.07, 6.45) is 3.74. The molecule has 1 unspecified atom stereocenters. The van der Waals surface area contributed by atoms with Crippen molar-refractivity contribution in [2.24, 2.45) is 0 Å². The first-order chi connectivity index (χ1) is 10.2. The second kappa shape index (κ2) is 7.79. The average molecular weight is 323 g/mol. The zero-order chi connectivity index (χ0) is 15.2. The first kappa shape index (κ1) is 16.3. The molecule has 1 aromatic carbocycles. The minimum absolute atomic E-state index is 0.112. The van der Waals surface area contributed by atoms with Crippen LogP contribution in [0, 0.1) is 0 Å². The van der Waals surface area contributed by atoms with Crippen molar-refractivity contribution in [3.63, 3.8) is 0 Å². The Bertz CT molecular complexity index is 582. The number of aromatic nitrogens is 1. The fourth-order valence-electron chi connectivity index (χ4n) is 2.32. The summed E-state index contributed by atoms with van der Waals surface area (Å²) in [5.74, 6) is 0. The van der Waals surface area contributed by atoms with Crippen LogP contribution in [-0.4, -0.2) is 11.5 Å². The van der Waals surface area contributed by atoms with Gasteiger partial charge in [0, 0.05) is 24.4 Å². The quantitative estimate of drug-likeness (QED) is 0.822. The smallest absolute Gasteiger partial charge is 0.0640 e. The van der Waals surface area contributed by atoms with Gasteiger partial charge in [-0.25, -0.2) is 0 Å². The molecule has 0 radical (unpaired) electrons. The van der Waals surface area contributed by atoms with Crippen LogP contribution in [0.5, 0.6) is 0 Å². The number of nitrogens with one attached hydrogen (secondary N) is 1. The maximum atomic E-state index is 6.35. The summed E-state index contributed by atoms with van der Waals surface area (Å²) in [7, 11) is 0. The number of benzene rings is 1.